The molecule has 1 aliphatic rings. The highest BCUT2D eigenvalue weighted by Crippen LogP contribution is 2.27. The Balaban J connectivity index is 0.000000236. The van der Waals surface area contributed by atoms with Crippen molar-refractivity contribution in [3.8, 4) is 6.07 Å². The third-order valence-electron chi connectivity index (χ3n) is 0.729. The van der Waals surface area contributed by atoms with Crippen LogP contribution in [0.2, 0.25) is 0 Å². The van der Waals surface area contributed by atoms with Gasteiger partial charge in [0.1, 0.15) is 0 Å². The van der Waals surface area contributed by atoms with Gasteiger partial charge in [-0.1, -0.05) is 0 Å². The zero-order valence-corrected chi connectivity index (χ0v) is 6.79. The lowest BCUT2D eigenvalue weighted by atomic mass is 10.5. The van der Waals surface area contributed by atoms with E-state index in [9.17, 15) is 4.57 Å². The Bertz CT molecular complexity index is 134. The van der Waals surface area contributed by atoms with Gasteiger partial charge in [-0.3, -0.25) is 4.57 Å². The molecule has 10 heavy (non-hydrogen) atoms. The quantitative estimate of drug-likeness (QED) is 0.505. The molecule has 0 aromatic heterocycles. The Morgan fingerprint density at radius 1 is 1.50 bits per heavy atom. The molecule has 0 unspecified atom stereocenters. The summed E-state index contributed by atoms with van der Waals surface area (Å²) in [4.78, 5) is 0. The molecule has 4 nitrogen and oxygen atoms in total. The van der Waals surface area contributed by atoms with E-state index in [2.05, 4.69) is 9.05 Å². The van der Waals surface area contributed by atoms with Gasteiger partial charge in [0.2, 0.25) is 0 Å². The van der Waals surface area contributed by atoms with Crippen molar-refractivity contribution < 1.29 is 13.6 Å². The van der Waals surface area contributed by atoms with Gasteiger partial charge >= 0.3 is 8.25 Å². The molecule has 1 saturated heterocycles. The molecule has 1 rings (SSSR count). The first-order valence-electron chi connectivity index (χ1n) is 2.91. The van der Waals surface area contributed by atoms with Crippen LogP contribution in [0.5, 0.6) is 0 Å². The Morgan fingerprint density at radius 2 is 1.90 bits per heavy atom. The summed E-state index contributed by atoms with van der Waals surface area (Å²) in [5.41, 5.74) is 0. The average Bonchev–Trinajstić information content (AvgIpc) is 1.91. The van der Waals surface area contributed by atoms with Crippen molar-refractivity contribution in [1.29, 1.82) is 5.26 Å². The van der Waals surface area contributed by atoms with E-state index in [4.69, 9.17) is 5.26 Å². The highest BCUT2D eigenvalue weighted by Gasteiger charge is 2.04. The summed E-state index contributed by atoms with van der Waals surface area (Å²) >= 11 is 0. The SMILES string of the molecule is CC#N.O=[PH]1OCCCO1. The molecule has 0 atom stereocenters. The largest absolute Gasteiger partial charge is 0.319 e. The van der Waals surface area contributed by atoms with Gasteiger partial charge in [0.05, 0.1) is 19.3 Å². The lowest BCUT2D eigenvalue weighted by Gasteiger charge is -2.09. The van der Waals surface area contributed by atoms with Gasteiger partial charge < -0.3 is 9.05 Å². The molecule has 0 N–H and O–H groups in total. The summed E-state index contributed by atoms with van der Waals surface area (Å²) in [6, 6.07) is 1.75. The van der Waals surface area contributed by atoms with Crippen molar-refractivity contribution in [2.75, 3.05) is 13.2 Å². The van der Waals surface area contributed by atoms with Crippen LogP contribution in [0.4, 0.5) is 0 Å². The standard InChI is InChI=1S/C3H7O3P.C2H3N/c4-7-5-2-1-3-6-7;1-2-3/h7H,1-3H2;1H3. The zero-order valence-electron chi connectivity index (χ0n) is 5.79. The van der Waals surface area contributed by atoms with E-state index in [1.54, 1.807) is 6.07 Å². The fourth-order valence-corrected chi connectivity index (χ4v) is 1.12. The van der Waals surface area contributed by atoms with Crippen LogP contribution in [-0.2, 0) is 13.6 Å². The number of rotatable bonds is 0. The van der Waals surface area contributed by atoms with Crippen molar-refractivity contribution in [2.24, 2.45) is 0 Å². The summed E-state index contributed by atoms with van der Waals surface area (Å²) in [6.45, 7) is 2.62. The van der Waals surface area contributed by atoms with Gasteiger partial charge in [-0.25, -0.2) is 0 Å². The first-order valence-corrected chi connectivity index (χ1v) is 4.14. The first kappa shape index (κ1) is 9.64. The van der Waals surface area contributed by atoms with E-state index in [1.165, 1.54) is 6.92 Å². The normalized spacial score (nSPS) is 18.4. The molecule has 0 spiro atoms. The number of nitriles is 1. The van der Waals surface area contributed by atoms with E-state index < -0.39 is 8.25 Å². The second kappa shape index (κ2) is 6.76. The smallest absolute Gasteiger partial charge is 0.311 e. The van der Waals surface area contributed by atoms with Gasteiger partial charge in [0, 0.05) is 6.92 Å². The monoisotopic (exact) mass is 163 g/mol. The number of hydrogen-bond donors (Lipinski definition) is 0. The van der Waals surface area contributed by atoms with Crippen LogP contribution in [-0.4, -0.2) is 13.2 Å². The zero-order chi connectivity index (χ0) is 7.82. The molecule has 0 bridgehead atoms. The molecule has 5 heteroatoms. The molecule has 0 aliphatic carbocycles. The Kier molecular flexibility index (Phi) is 6.51. The fourth-order valence-electron chi connectivity index (χ4n) is 0.412. The van der Waals surface area contributed by atoms with Crippen LogP contribution in [0.3, 0.4) is 0 Å². The summed E-state index contributed by atoms with van der Waals surface area (Å²) in [6.07, 6.45) is 0.871. The van der Waals surface area contributed by atoms with E-state index >= 15 is 0 Å². The molecule has 0 amide bonds. The molecular weight excluding hydrogens is 153 g/mol. The Labute approximate surface area is 60.7 Å². The Hall–Kier alpha value is -0.360. The van der Waals surface area contributed by atoms with Crippen LogP contribution >= 0.6 is 8.25 Å². The lowest BCUT2D eigenvalue weighted by molar-refractivity contribution is 0.165. The molecule has 0 aromatic carbocycles. The van der Waals surface area contributed by atoms with Crippen LogP contribution in [0, 0.1) is 11.3 Å². The summed E-state index contributed by atoms with van der Waals surface area (Å²) in [5, 5.41) is 7.32. The van der Waals surface area contributed by atoms with Crippen molar-refractivity contribution in [3.05, 3.63) is 0 Å². The van der Waals surface area contributed by atoms with Crippen molar-refractivity contribution in [2.45, 2.75) is 13.3 Å². The maximum atomic E-state index is 10.2. The fraction of sp³-hybridized carbons (Fsp3) is 0.800. The lowest BCUT2D eigenvalue weighted by Crippen LogP contribution is -2.00. The predicted octanol–water partition coefficient (Wildman–Crippen LogP) is 1.34. The average molecular weight is 163 g/mol. The summed E-state index contributed by atoms with van der Waals surface area (Å²) in [5.74, 6) is 0. The van der Waals surface area contributed by atoms with Crippen LogP contribution in [0.15, 0.2) is 0 Å². The maximum absolute atomic E-state index is 10.2. The number of nitrogens with zero attached hydrogens (tertiary/aromatic N) is 1. The molecule has 58 valence electrons. The molecule has 0 radical (unpaired) electrons. The maximum Gasteiger partial charge on any atom is 0.319 e. The second-order valence-corrected chi connectivity index (χ2v) is 2.60. The van der Waals surface area contributed by atoms with E-state index in [0.717, 1.165) is 6.42 Å². The second-order valence-electron chi connectivity index (χ2n) is 1.52. The molecule has 1 fully saturated rings. The van der Waals surface area contributed by atoms with E-state index in [-0.39, 0.29) is 0 Å². The summed E-state index contributed by atoms with van der Waals surface area (Å²) < 4.78 is 19.4. The minimum absolute atomic E-state index is 0.595. The van der Waals surface area contributed by atoms with Gasteiger partial charge in [-0.05, 0) is 6.42 Å². The van der Waals surface area contributed by atoms with Crippen molar-refractivity contribution in [1.82, 2.24) is 0 Å². The first-order chi connectivity index (χ1) is 4.81. The molecule has 1 heterocycles. The third-order valence-corrected chi connectivity index (χ3v) is 1.61. The van der Waals surface area contributed by atoms with Crippen molar-refractivity contribution >= 4 is 8.25 Å². The van der Waals surface area contributed by atoms with Crippen molar-refractivity contribution in [3.63, 3.8) is 0 Å². The van der Waals surface area contributed by atoms with Gasteiger partial charge in [0.15, 0.2) is 0 Å². The highest BCUT2D eigenvalue weighted by molar-refractivity contribution is 7.33. The van der Waals surface area contributed by atoms with Gasteiger partial charge in [-0.15, -0.1) is 0 Å². The summed E-state index contributed by atoms with van der Waals surface area (Å²) in [7, 11) is -2.04. The number of hydrogen-bond acceptors (Lipinski definition) is 4. The Morgan fingerprint density at radius 3 is 2.10 bits per heavy atom. The van der Waals surface area contributed by atoms with E-state index in [1.807, 2.05) is 0 Å². The predicted molar refractivity (Wildman–Crippen MR) is 36.8 cm³/mol. The van der Waals surface area contributed by atoms with Crippen LogP contribution in [0.1, 0.15) is 13.3 Å². The third kappa shape index (κ3) is 5.77. The van der Waals surface area contributed by atoms with Crippen LogP contribution < -0.4 is 0 Å². The molecular formula is C5H10NO3P. The van der Waals surface area contributed by atoms with E-state index in [0.29, 0.717) is 13.2 Å². The minimum atomic E-state index is -2.04. The van der Waals surface area contributed by atoms with Gasteiger partial charge in [-0.2, -0.15) is 5.26 Å². The highest BCUT2D eigenvalue weighted by atomic mass is 31.1. The van der Waals surface area contributed by atoms with Crippen LogP contribution in [0.25, 0.3) is 0 Å². The topological polar surface area (TPSA) is 59.3 Å². The minimum Gasteiger partial charge on any atom is -0.311 e. The molecule has 1 aliphatic heterocycles. The van der Waals surface area contributed by atoms with Gasteiger partial charge in [0.25, 0.3) is 0 Å². The molecule has 0 saturated carbocycles. The molecule has 0 aromatic rings.